The summed E-state index contributed by atoms with van der Waals surface area (Å²) in [5.41, 5.74) is -0.377. The topological polar surface area (TPSA) is 96.8 Å². The highest BCUT2D eigenvalue weighted by atomic mass is 32.1. The second-order valence-corrected chi connectivity index (χ2v) is 5.84. The molecule has 1 amide bonds. The molecule has 0 unspecified atom stereocenters. The first-order valence-electron chi connectivity index (χ1n) is 6.45. The Morgan fingerprint density at radius 3 is 2.86 bits per heavy atom. The summed E-state index contributed by atoms with van der Waals surface area (Å²) < 4.78 is 1.16. The lowest BCUT2D eigenvalue weighted by Crippen LogP contribution is -2.35. The van der Waals surface area contributed by atoms with Crippen LogP contribution in [-0.4, -0.2) is 20.4 Å². The lowest BCUT2D eigenvalue weighted by Gasteiger charge is -2.05. The predicted molar refractivity (Wildman–Crippen MR) is 79.7 cm³/mol. The monoisotopic (exact) mass is 308 g/mol. The summed E-state index contributed by atoms with van der Waals surface area (Å²) in [4.78, 5) is 42.4. The van der Waals surface area contributed by atoms with Gasteiger partial charge in [-0.05, 0) is 13.3 Å². The van der Waals surface area contributed by atoms with Crippen molar-refractivity contribution in [2.75, 3.05) is 0 Å². The van der Waals surface area contributed by atoms with Crippen molar-refractivity contribution in [2.24, 2.45) is 7.05 Å². The van der Waals surface area contributed by atoms with Gasteiger partial charge in [-0.25, -0.2) is 9.78 Å². The third kappa shape index (κ3) is 3.27. The van der Waals surface area contributed by atoms with Crippen LogP contribution in [0.1, 0.15) is 32.9 Å². The molecule has 0 aromatic carbocycles. The van der Waals surface area contributed by atoms with Crippen molar-refractivity contribution in [3.8, 4) is 0 Å². The molecular weight excluding hydrogens is 292 g/mol. The van der Waals surface area contributed by atoms with Crippen molar-refractivity contribution < 1.29 is 4.79 Å². The molecule has 0 aliphatic carbocycles. The molecular formula is C13H16N4O3S. The number of aromatic nitrogens is 3. The Bertz CT molecular complexity index is 787. The van der Waals surface area contributed by atoms with E-state index in [4.69, 9.17) is 0 Å². The molecule has 112 valence electrons. The van der Waals surface area contributed by atoms with E-state index >= 15 is 0 Å². The van der Waals surface area contributed by atoms with E-state index < -0.39 is 17.2 Å². The molecule has 8 heteroatoms. The number of carbonyl (C=O) groups is 1. The maximum absolute atomic E-state index is 12.0. The van der Waals surface area contributed by atoms with Crippen LogP contribution >= 0.6 is 11.3 Å². The van der Waals surface area contributed by atoms with E-state index in [0.29, 0.717) is 6.54 Å². The van der Waals surface area contributed by atoms with Crippen molar-refractivity contribution in [3.63, 3.8) is 0 Å². The molecule has 7 nitrogen and oxygen atoms in total. The van der Waals surface area contributed by atoms with Crippen LogP contribution in [0, 0.1) is 6.92 Å². The van der Waals surface area contributed by atoms with Crippen LogP contribution in [0.3, 0.4) is 0 Å². The molecule has 0 spiro atoms. The molecule has 0 saturated heterocycles. The SMILES string of the molecule is CCc1nc(C)sc1CNC(=O)c1cn(C)c(=O)[nH]c1=O. The Morgan fingerprint density at radius 1 is 1.48 bits per heavy atom. The average molecular weight is 308 g/mol. The fourth-order valence-electron chi connectivity index (χ4n) is 1.91. The number of aryl methyl sites for hydroxylation is 3. The molecule has 0 radical (unpaired) electrons. The second-order valence-electron chi connectivity index (χ2n) is 4.55. The normalized spacial score (nSPS) is 10.6. The summed E-state index contributed by atoms with van der Waals surface area (Å²) in [6.07, 6.45) is 2.02. The Hall–Kier alpha value is -2.22. The Morgan fingerprint density at radius 2 is 2.19 bits per heavy atom. The maximum Gasteiger partial charge on any atom is 0.328 e. The molecule has 0 aliphatic heterocycles. The van der Waals surface area contributed by atoms with Crippen molar-refractivity contribution in [1.29, 1.82) is 0 Å². The van der Waals surface area contributed by atoms with Crippen LogP contribution in [0.15, 0.2) is 15.8 Å². The summed E-state index contributed by atoms with van der Waals surface area (Å²) in [7, 11) is 1.47. The molecule has 21 heavy (non-hydrogen) atoms. The first kappa shape index (κ1) is 15.2. The molecule has 2 heterocycles. The summed E-state index contributed by atoms with van der Waals surface area (Å²) in [6, 6.07) is 0. The van der Waals surface area contributed by atoms with Crippen molar-refractivity contribution in [2.45, 2.75) is 26.8 Å². The zero-order valence-corrected chi connectivity index (χ0v) is 12.8. The number of H-pyrrole nitrogens is 1. The number of thiazole rings is 1. The standard InChI is InChI=1S/C13H16N4O3S/c1-4-9-10(21-7(2)15-9)5-14-11(18)8-6-17(3)13(20)16-12(8)19/h6H,4-5H2,1-3H3,(H,14,18)(H,16,19,20). The fourth-order valence-corrected chi connectivity index (χ4v) is 2.87. The number of rotatable bonds is 4. The molecule has 2 rings (SSSR count). The quantitative estimate of drug-likeness (QED) is 0.850. The lowest BCUT2D eigenvalue weighted by atomic mass is 10.2. The minimum Gasteiger partial charge on any atom is -0.347 e. The van der Waals surface area contributed by atoms with Crippen molar-refractivity contribution in [1.82, 2.24) is 19.9 Å². The summed E-state index contributed by atoms with van der Waals surface area (Å²) >= 11 is 1.52. The van der Waals surface area contributed by atoms with E-state index in [2.05, 4.69) is 15.3 Å². The third-order valence-electron chi connectivity index (χ3n) is 2.98. The summed E-state index contributed by atoms with van der Waals surface area (Å²) in [5, 5.41) is 3.63. The van der Waals surface area contributed by atoms with E-state index in [1.54, 1.807) is 0 Å². The number of hydrogen-bond acceptors (Lipinski definition) is 5. The van der Waals surface area contributed by atoms with Gasteiger partial charge in [0.15, 0.2) is 0 Å². The Kier molecular flexibility index (Phi) is 4.37. The third-order valence-corrected chi connectivity index (χ3v) is 4.00. The van der Waals surface area contributed by atoms with Gasteiger partial charge in [0.2, 0.25) is 0 Å². The molecule has 2 aromatic rings. The summed E-state index contributed by atoms with van der Waals surface area (Å²) in [6.45, 7) is 4.22. The van der Waals surface area contributed by atoms with Crippen LogP contribution in [0.2, 0.25) is 0 Å². The second kappa shape index (κ2) is 6.04. The molecule has 0 bridgehead atoms. The zero-order chi connectivity index (χ0) is 15.6. The average Bonchev–Trinajstić information content (AvgIpc) is 2.80. The maximum atomic E-state index is 12.0. The zero-order valence-electron chi connectivity index (χ0n) is 12.0. The first-order valence-corrected chi connectivity index (χ1v) is 7.27. The van der Waals surface area contributed by atoms with E-state index in [0.717, 1.165) is 26.6 Å². The van der Waals surface area contributed by atoms with Crippen LogP contribution in [0.5, 0.6) is 0 Å². The molecule has 0 saturated carbocycles. The van der Waals surface area contributed by atoms with E-state index in [9.17, 15) is 14.4 Å². The molecule has 0 atom stereocenters. The van der Waals surface area contributed by atoms with Gasteiger partial charge in [0.05, 0.1) is 17.2 Å². The van der Waals surface area contributed by atoms with Gasteiger partial charge in [0, 0.05) is 18.1 Å². The number of amides is 1. The molecule has 0 aliphatic rings. The van der Waals surface area contributed by atoms with E-state index in [1.807, 2.05) is 13.8 Å². The molecule has 2 aromatic heterocycles. The van der Waals surface area contributed by atoms with Crippen LogP contribution in [0.4, 0.5) is 0 Å². The smallest absolute Gasteiger partial charge is 0.328 e. The van der Waals surface area contributed by atoms with Gasteiger partial charge in [0.25, 0.3) is 11.5 Å². The predicted octanol–water partition coefficient (Wildman–Crippen LogP) is 0.331. The Balaban J connectivity index is 2.17. The van der Waals surface area contributed by atoms with Gasteiger partial charge in [-0.3, -0.25) is 14.6 Å². The van der Waals surface area contributed by atoms with Crippen molar-refractivity contribution in [3.05, 3.63) is 48.2 Å². The molecule has 2 N–H and O–H groups in total. The van der Waals surface area contributed by atoms with Crippen LogP contribution in [0.25, 0.3) is 0 Å². The van der Waals surface area contributed by atoms with E-state index in [1.165, 1.54) is 24.6 Å². The molecule has 0 fully saturated rings. The number of aromatic amines is 1. The minimum absolute atomic E-state index is 0.0867. The number of carbonyl (C=O) groups excluding carboxylic acids is 1. The fraction of sp³-hybridized carbons (Fsp3) is 0.385. The van der Waals surface area contributed by atoms with Crippen molar-refractivity contribution >= 4 is 17.2 Å². The Labute approximate surface area is 124 Å². The number of nitrogens with one attached hydrogen (secondary N) is 2. The minimum atomic E-state index is -0.688. The van der Waals surface area contributed by atoms with Gasteiger partial charge in [-0.2, -0.15) is 0 Å². The highest BCUT2D eigenvalue weighted by Crippen LogP contribution is 2.18. The highest BCUT2D eigenvalue weighted by molar-refractivity contribution is 7.11. The number of nitrogens with zero attached hydrogens (tertiary/aromatic N) is 2. The number of hydrogen-bond donors (Lipinski definition) is 2. The largest absolute Gasteiger partial charge is 0.347 e. The van der Waals surface area contributed by atoms with E-state index in [-0.39, 0.29) is 5.56 Å². The summed E-state index contributed by atoms with van der Waals surface area (Å²) in [5.74, 6) is -0.514. The lowest BCUT2D eigenvalue weighted by molar-refractivity contribution is 0.0948. The van der Waals surface area contributed by atoms with Gasteiger partial charge >= 0.3 is 5.69 Å². The van der Waals surface area contributed by atoms with Crippen LogP contribution < -0.4 is 16.6 Å². The first-order chi connectivity index (χ1) is 9.92. The van der Waals surface area contributed by atoms with Gasteiger partial charge < -0.3 is 9.88 Å². The highest BCUT2D eigenvalue weighted by Gasteiger charge is 2.14. The van der Waals surface area contributed by atoms with Gasteiger partial charge in [-0.1, -0.05) is 6.92 Å². The van der Waals surface area contributed by atoms with Crippen LogP contribution in [-0.2, 0) is 20.0 Å². The van der Waals surface area contributed by atoms with Gasteiger partial charge in [0.1, 0.15) is 5.56 Å². The van der Waals surface area contributed by atoms with Gasteiger partial charge in [-0.15, -0.1) is 11.3 Å².